The standard InChI is InChI=1S/C13H18O2S/c1-13(2,10-14)12(15)9-16-8-11-6-4-3-5-7-11/h3-7,10,12,15H,8-9H2,1-2H3/t12-/m0/s1. The van der Waals surface area contributed by atoms with Gasteiger partial charge < -0.3 is 9.90 Å². The van der Waals surface area contributed by atoms with Crippen LogP contribution in [0, 0.1) is 5.41 Å². The van der Waals surface area contributed by atoms with Crippen LogP contribution in [0.15, 0.2) is 30.3 Å². The summed E-state index contributed by atoms with van der Waals surface area (Å²) in [5.74, 6) is 1.45. The van der Waals surface area contributed by atoms with E-state index in [-0.39, 0.29) is 0 Å². The van der Waals surface area contributed by atoms with Gasteiger partial charge in [-0.3, -0.25) is 0 Å². The van der Waals surface area contributed by atoms with Gasteiger partial charge in [-0.2, -0.15) is 11.8 Å². The second kappa shape index (κ2) is 6.06. The average molecular weight is 238 g/mol. The molecule has 16 heavy (non-hydrogen) atoms. The van der Waals surface area contributed by atoms with Crippen molar-refractivity contribution in [2.45, 2.75) is 25.7 Å². The first-order valence-electron chi connectivity index (χ1n) is 5.32. The summed E-state index contributed by atoms with van der Waals surface area (Å²) < 4.78 is 0. The van der Waals surface area contributed by atoms with E-state index in [0.29, 0.717) is 5.75 Å². The van der Waals surface area contributed by atoms with E-state index in [1.807, 2.05) is 18.2 Å². The van der Waals surface area contributed by atoms with Gasteiger partial charge in [-0.05, 0) is 5.56 Å². The van der Waals surface area contributed by atoms with Crippen LogP contribution in [0.25, 0.3) is 0 Å². The lowest BCUT2D eigenvalue weighted by atomic mass is 9.90. The number of aldehydes is 1. The van der Waals surface area contributed by atoms with Crippen molar-refractivity contribution in [1.82, 2.24) is 0 Å². The summed E-state index contributed by atoms with van der Waals surface area (Å²) in [7, 11) is 0. The number of aliphatic hydroxyl groups is 1. The van der Waals surface area contributed by atoms with Crippen LogP contribution in [-0.2, 0) is 10.5 Å². The third-order valence-corrected chi connectivity index (χ3v) is 3.64. The van der Waals surface area contributed by atoms with E-state index < -0.39 is 11.5 Å². The number of aliphatic hydroxyl groups excluding tert-OH is 1. The first kappa shape index (κ1) is 13.3. The van der Waals surface area contributed by atoms with Crippen LogP contribution in [0.4, 0.5) is 0 Å². The van der Waals surface area contributed by atoms with Crippen LogP contribution in [0.5, 0.6) is 0 Å². The van der Waals surface area contributed by atoms with Gasteiger partial charge in [0.2, 0.25) is 0 Å². The fraction of sp³-hybridized carbons (Fsp3) is 0.462. The molecule has 0 amide bonds. The van der Waals surface area contributed by atoms with E-state index in [9.17, 15) is 9.90 Å². The normalized spacial score (nSPS) is 13.4. The van der Waals surface area contributed by atoms with Crippen LogP contribution < -0.4 is 0 Å². The molecule has 0 fully saturated rings. The van der Waals surface area contributed by atoms with Crippen molar-refractivity contribution >= 4 is 18.0 Å². The topological polar surface area (TPSA) is 37.3 Å². The molecular weight excluding hydrogens is 220 g/mol. The van der Waals surface area contributed by atoms with Gasteiger partial charge in [0.1, 0.15) is 6.29 Å². The molecule has 0 aliphatic carbocycles. The number of carbonyl (C=O) groups is 1. The third-order valence-electron chi connectivity index (χ3n) is 2.55. The summed E-state index contributed by atoms with van der Waals surface area (Å²) in [6.45, 7) is 3.52. The van der Waals surface area contributed by atoms with Crippen LogP contribution in [0.2, 0.25) is 0 Å². The summed E-state index contributed by atoms with van der Waals surface area (Å²) in [5.41, 5.74) is 0.590. The zero-order valence-corrected chi connectivity index (χ0v) is 10.5. The molecule has 1 aromatic rings. The monoisotopic (exact) mass is 238 g/mol. The molecule has 0 saturated heterocycles. The van der Waals surface area contributed by atoms with Crippen molar-refractivity contribution < 1.29 is 9.90 Å². The van der Waals surface area contributed by atoms with Gasteiger partial charge in [0.05, 0.1) is 6.10 Å². The highest BCUT2D eigenvalue weighted by molar-refractivity contribution is 7.98. The summed E-state index contributed by atoms with van der Waals surface area (Å²) >= 11 is 1.65. The Bertz CT molecular complexity index is 322. The molecule has 3 heteroatoms. The van der Waals surface area contributed by atoms with Crippen molar-refractivity contribution in [3.8, 4) is 0 Å². The Hall–Kier alpha value is -0.800. The Morgan fingerprint density at radius 3 is 2.56 bits per heavy atom. The first-order chi connectivity index (χ1) is 7.56. The lowest BCUT2D eigenvalue weighted by molar-refractivity contribution is -0.119. The van der Waals surface area contributed by atoms with Crippen molar-refractivity contribution in [1.29, 1.82) is 0 Å². The highest BCUT2D eigenvalue weighted by Gasteiger charge is 2.26. The second-order valence-electron chi connectivity index (χ2n) is 4.46. The molecule has 1 atom stereocenters. The number of thioether (sulfide) groups is 1. The van der Waals surface area contributed by atoms with Crippen LogP contribution in [-0.4, -0.2) is 23.2 Å². The summed E-state index contributed by atoms with van der Waals surface area (Å²) in [6.07, 6.45) is 0.236. The molecule has 0 unspecified atom stereocenters. The maximum absolute atomic E-state index is 10.7. The Kier molecular flexibility index (Phi) is 5.03. The van der Waals surface area contributed by atoms with E-state index >= 15 is 0 Å². The second-order valence-corrected chi connectivity index (χ2v) is 5.49. The molecule has 0 bridgehead atoms. The fourth-order valence-electron chi connectivity index (χ4n) is 1.16. The maximum Gasteiger partial charge on any atom is 0.128 e. The minimum absolute atomic E-state index is 0.584. The van der Waals surface area contributed by atoms with Gasteiger partial charge in [-0.15, -0.1) is 0 Å². The van der Waals surface area contributed by atoms with Crippen molar-refractivity contribution in [2.24, 2.45) is 5.41 Å². The molecule has 1 aromatic carbocycles. The van der Waals surface area contributed by atoms with Crippen molar-refractivity contribution in [3.63, 3.8) is 0 Å². The highest BCUT2D eigenvalue weighted by atomic mass is 32.2. The highest BCUT2D eigenvalue weighted by Crippen LogP contribution is 2.22. The van der Waals surface area contributed by atoms with Crippen LogP contribution in [0.3, 0.4) is 0 Å². The Balaban J connectivity index is 2.34. The van der Waals surface area contributed by atoms with Gasteiger partial charge in [0.25, 0.3) is 0 Å². The molecule has 2 nitrogen and oxygen atoms in total. The van der Waals surface area contributed by atoms with Crippen molar-refractivity contribution in [2.75, 3.05) is 5.75 Å². The molecule has 0 heterocycles. The first-order valence-corrected chi connectivity index (χ1v) is 6.48. The zero-order valence-electron chi connectivity index (χ0n) is 9.72. The molecule has 0 saturated carbocycles. The molecule has 0 radical (unpaired) electrons. The molecular formula is C13H18O2S. The number of benzene rings is 1. The average Bonchev–Trinajstić information content (AvgIpc) is 2.30. The Morgan fingerprint density at radius 2 is 2.00 bits per heavy atom. The predicted octanol–water partition coefficient (Wildman–Crippen LogP) is 2.51. The predicted molar refractivity (Wildman–Crippen MR) is 68.5 cm³/mol. The summed E-state index contributed by atoms with van der Waals surface area (Å²) in [6, 6.07) is 10.1. The van der Waals surface area contributed by atoms with E-state index in [0.717, 1.165) is 12.0 Å². The molecule has 0 aliphatic rings. The Morgan fingerprint density at radius 1 is 1.38 bits per heavy atom. The molecule has 1 rings (SSSR count). The third kappa shape index (κ3) is 3.99. The smallest absolute Gasteiger partial charge is 0.128 e. The van der Waals surface area contributed by atoms with Crippen molar-refractivity contribution in [3.05, 3.63) is 35.9 Å². The quantitative estimate of drug-likeness (QED) is 0.774. The summed E-state index contributed by atoms with van der Waals surface area (Å²) in [4.78, 5) is 10.7. The van der Waals surface area contributed by atoms with Gasteiger partial charge >= 0.3 is 0 Å². The van der Waals surface area contributed by atoms with Gasteiger partial charge in [-0.25, -0.2) is 0 Å². The minimum atomic E-state index is -0.649. The molecule has 0 aromatic heterocycles. The van der Waals surface area contributed by atoms with Crippen LogP contribution >= 0.6 is 11.8 Å². The van der Waals surface area contributed by atoms with Gasteiger partial charge in [-0.1, -0.05) is 44.2 Å². The van der Waals surface area contributed by atoms with E-state index in [4.69, 9.17) is 0 Å². The number of hydrogen-bond acceptors (Lipinski definition) is 3. The summed E-state index contributed by atoms with van der Waals surface area (Å²) in [5, 5.41) is 9.80. The lowest BCUT2D eigenvalue weighted by Crippen LogP contribution is -2.32. The van der Waals surface area contributed by atoms with Gasteiger partial charge in [0.15, 0.2) is 0 Å². The SMILES string of the molecule is CC(C)(C=O)[C@@H](O)CSCc1ccccc1. The van der Waals surface area contributed by atoms with Crippen LogP contribution in [0.1, 0.15) is 19.4 Å². The molecule has 0 spiro atoms. The largest absolute Gasteiger partial charge is 0.391 e. The van der Waals surface area contributed by atoms with E-state index in [1.54, 1.807) is 25.6 Å². The van der Waals surface area contributed by atoms with Gasteiger partial charge in [0, 0.05) is 16.9 Å². The molecule has 1 N–H and O–H groups in total. The number of rotatable bonds is 6. The fourth-order valence-corrected chi connectivity index (χ4v) is 2.35. The number of hydrogen-bond donors (Lipinski definition) is 1. The Labute approximate surface area is 101 Å². The lowest BCUT2D eigenvalue weighted by Gasteiger charge is -2.23. The minimum Gasteiger partial charge on any atom is -0.391 e. The molecule has 88 valence electrons. The maximum atomic E-state index is 10.7. The van der Waals surface area contributed by atoms with E-state index in [1.165, 1.54) is 5.56 Å². The molecule has 0 aliphatic heterocycles. The van der Waals surface area contributed by atoms with E-state index in [2.05, 4.69) is 12.1 Å². The number of carbonyl (C=O) groups excluding carboxylic acids is 1. The zero-order chi connectivity index (χ0) is 12.0.